The van der Waals surface area contributed by atoms with Crippen molar-refractivity contribution in [1.29, 1.82) is 0 Å². The van der Waals surface area contributed by atoms with Crippen LogP contribution in [0.2, 0.25) is 10.0 Å². The zero-order chi connectivity index (χ0) is 25.7. The quantitative estimate of drug-likeness (QED) is 0.250. The third kappa shape index (κ3) is 6.26. The van der Waals surface area contributed by atoms with Gasteiger partial charge in [-0.1, -0.05) is 59.6 Å². The number of amides is 1. The summed E-state index contributed by atoms with van der Waals surface area (Å²) in [5.41, 5.74) is 2.31. The molecule has 2 N–H and O–H groups in total. The molecule has 0 aliphatic heterocycles. The molecule has 7 nitrogen and oxygen atoms in total. The van der Waals surface area contributed by atoms with Crippen molar-refractivity contribution >= 4 is 63.6 Å². The molecule has 4 rings (SSSR count). The number of benzene rings is 3. The summed E-state index contributed by atoms with van der Waals surface area (Å²) < 4.78 is 45.6. The molecular formula is C24H19Cl2FN4O3S2. The van der Waals surface area contributed by atoms with E-state index in [-0.39, 0.29) is 33.7 Å². The zero-order valence-electron chi connectivity index (χ0n) is 18.5. The predicted molar refractivity (Wildman–Crippen MR) is 141 cm³/mol. The van der Waals surface area contributed by atoms with Crippen molar-refractivity contribution in [3.63, 3.8) is 0 Å². The molecule has 3 aromatic carbocycles. The highest BCUT2D eigenvalue weighted by atomic mass is 35.5. The van der Waals surface area contributed by atoms with Crippen LogP contribution < -0.4 is 9.62 Å². The number of hydrogen-bond acceptors (Lipinski definition) is 5. The second-order valence-electron chi connectivity index (χ2n) is 7.63. The molecule has 12 heteroatoms. The first-order valence-electron chi connectivity index (χ1n) is 10.6. The Morgan fingerprint density at radius 3 is 2.58 bits per heavy atom. The number of carbonyl (C=O) groups excluding carboxylic acids is 1. The third-order valence-electron chi connectivity index (χ3n) is 5.22. The molecular weight excluding hydrogens is 546 g/mol. The maximum Gasteiger partial charge on any atom is 0.268 e. The molecule has 1 atom stereocenters. The van der Waals surface area contributed by atoms with E-state index in [1.54, 1.807) is 6.07 Å². The number of anilines is 2. The summed E-state index contributed by atoms with van der Waals surface area (Å²) in [6, 6.07) is 17.9. The Balaban J connectivity index is 1.60. The Morgan fingerprint density at radius 1 is 1.08 bits per heavy atom. The van der Waals surface area contributed by atoms with Gasteiger partial charge in [-0.3, -0.25) is 9.35 Å². The van der Waals surface area contributed by atoms with Gasteiger partial charge in [0.1, 0.15) is 11.5 Å². The van der Waals surface area contributed by atoms with Crippen molar-refractivity contribution in [2.45, 2.75) is 12.8 Å². The summed E-state index contributed by atoms with van der Waals surface area (Å²) in [5.74, 6) is -0.791. The van der Waals surface area contributed by atoms with Gasteiger partial charge in [0.05, 0.1) is 23.0 Å². The number of aromatic nitrogens is 2. The number of nitrogens with zero attached hydrogens (tertiary/aromatic N) is 3. The average Bonchev–Trinajstić information content (AvgIpc) is 3.28. The lowest BCUT2D eigenvalue weighted by molar-refractivity contribution is 0.0955. The van der Waals surface area contributed by atoms with Gasteiger partial charge in [0.25, 0.3) is 17.2 Å². The van der Waals surface area contributed by atoms with E-state index < -0.39 is 23.0 Å². The highest BCUT2D eigenvalue weighted by Gasteiger charge is 2.27. The van der Waals surface area contributed by atoms with Crippen molar-refractivity contribution < 1.29 is 17.9 Å². The van der Waals surface area contributed by atoms with Crippen molar-refractivity contribution in [3.8, 4) is 0 Å². The van der Waals surface area contributed by atoms with Gasteiger partial charge < -0.3 is 5.32 Å². The summed E-state index contributed by atoms with van der Waals surface area (Å²) in [7, 11) is 0. The maximum atomic E-state index is 13.3. The van der Waals surface area contributed by atoms with Crippen molar-refractivity contribution in [1.82, 2.24) is 14.1 Å². The first kappa shape index (κ1) is 26.2. The predicted octanol–water partition coefficient (Wildman–Crippen LogP) is 5.82. The summed E-state index contributed by atoms with van der Waals surface area (Å²) in [6.07, 6.45) is 0.738. The Morgan fingerprint density at radius 2 is 1.86 bits per heavy atom. The first-order valence-corrected chi connectivity index (χ1v) is 13.2. The van der Waals surface area contributed by atoms with E-state index in [1.165, 1.54) is 30.3 Å². The standard InChI is InChI=1S/C24H19Cl2FN4O3S2/c25-17-7-9-19(24(32)28-11-10-16-6-8-18(27)14-20(16)26)22(13-17)31(36(33)34)23-21(29-35-30-23)12-15-4-2-1-3-5-15/h1-9,13-14H,10-12H2,(H,28,32)(H,33,34). The number of nitrogens with one attached hydrogen (secondary N) is 1. The minimum Gasteiger partial charge on any atom is -0.352 e. The Kier molecular flexibility index (Phi) is 8.65. The average molecular weight is 565 g/mol. The van der Waals surface area contributed by atoms with Gasteiger partial charge in [0.2, 0.25) is 0 Å². The summed E-state index contributed by atoms with van der Waals surface area (Å²) in [6.45, 7) is 0.200. The van der Waals surface area contributed by atoms with Crippen LogP contribution in [0.5, 0.6) is 0 Å². The molecule has 36 heavy (non-hydrogen) atoms. The van der Waals surface area contributed by atoms with Crippen LogP contribution in [0, 0.1) is 5.82 Å². The Bertz CT molecular complexity index is 1410. The van der Waals surface area contributed by atoms with E-state index >= 15 is 0 Å². The van der Waals surface area contributed by atoms with Gasteiger partial charge in [0.15, 0.2) is 5.82 Å². The molecule has 0 aliphatic rings. The van der Waals surface area contributed by atoms with Gasteiger partial charge in [-0.2, -0.15) is 8.75 Å². The second kappa shape index (κ2) is 11.9. The Labute approximate surface area is 223 Å². The van der Waals surface area contributed by atoms with Crippen LogP contribution >= 0.6 is 34.9 Å². The number of hydrogen-bond donors (Lipinski definition) is 2. The van der Waals surface area contributed by atoms with E-state index in [4.69, 9.17) is 23.2 Å². The highest BCUT2D eigenvalue weighted by Crippen LogP contribution is 2.34. The molecule has 0 bridgehead atoms. The molecule has 186 valence electrons. The first-order chi connectivity index (χ1) is 17.3. The minimum absolute atomic E-state index is 0.0997. The summed E-state index contributed by atoms with van der Waals surface area (Å²) >= 11 is 10.6. The lowest BCUT2D eigenvalue weighted by Gasteiger charge is -2.21. The SMILES string of the molecule is O=C(NCCc1ccc(F)cc1Cl)c1ccc(Cl)cc1N(c1nsnc1Cc1ccccc1)S(=O)O. The lowest BCUT2D eigenvalue weighted by Crippen LogP contribution is -2.29. The number of carbonyl (C=O) groups is 1. The highest BCUT2D eigenvalue weighted by molar-refractivity contribution is 7.81. The van der Waals surface area contributed by atoms with Crippen LogP contribution in [-0.2, 0) is 24.1 Å². The molecule has 1 unspecified atom stereocenters. The summed E-state index contributed by atoms with van der Waals surface area (Å²) in [4.78, 5) is 13.1. The molecule has 1 amide bonds. The van der Waals surface area contributed by atoms with Crippen molar-refractivity contribution in [3.05, 3.63) is 105 Å². The number of halogens is 3. The van der Waals surface area contributed by atoms with E-state index in [1.807, 2.05) is 30.3 Å². The fourth-order valence-corrected chi connectivity index (χ4v) is 5.17. The van der Waals surface area contributed by atoms with E-state index in [0.29, 0.717) is 24.1 Å². The molecule has 0 saturated heterocycles. The van der Waals surface area contributed by atoms with Crippen LogP contribution in [0.1, 0.15) is 27.2 Å². The molecule has 0 spiro atoms. The number of rotatable bonds is 9. The van der Waals surface area contributed by atoms with E-state index in [0.717, 1.165) is 21.6 Å². The van der Waals surface area contributed by atoms with Crippen LogP contribution in [0.3, 0.4) is 0 Å². The van der Waals surface area contributed by atoms with Crippen molar-refractivity contribution in [2.24, 2.45) is 0 Å². The zero-order valence-corrected chi connectivity index (χ0v) is 21.7. The van der Waals surface area contributed by atoms with E-state index in [9.17, 15) is 17.9 Å². The molecule has 1 aromatic heterocycles. The van der Waals surface area contributed by atoms with Gasteiger partial charge in [-0.25, -0.2) is 12.9 Å². The topological polar surface area (TPSA) is 95.4 Å². The molecule has 0 aliphatic carbocycles. The smallest absolute Gasteiger partial charge is 0.268 e. The Hall–Kier alpha value is -2.89. The molecule has 1 heterocycles. The van der Waals surface area contributed by atoms with Gasteiger partial charge in [-0.15, -0.1) is 0 Å². The monoisotopic (exact) mass is 564 g/mol. The van der Waals surface area contributed by atoms with E-state index in [2.05, 4.69) is 14.1 Å². The fourth-order valence-electron chi connectivity index (χ4n) is 3.52. The minimum atomic E-state index is -2.58. The van der Waals surface area contributed by atoms with Gasteiger partial charge in [0, 0.05) is 23.0 Å². The van der Waals surface area contributed by atoms with Crippen LogP contribution in [-0.4, -0.2) is 30.0 Å². The van der Waals surface area contributed by atoms with Crippen LogP contribution in [0.25, 0.3) is 0 Å². The largest absolute Gasteiger partial charge is 0.352 e. The van der Waals surface area contributed by atoms with Crippen molar-refractivity contribution in [2.75, 3.05) is 10.8 Å². The van der Waals surface area contributed by atoms with Gasteiger partial charge >= 0.3 is 0 Å². The maximum absolute atomic E-state index is 13.3. The molecule has 0 saturated carbocycles. The van der Waals surface area contributed by atoms with Crippen LogP contribution in [0.4, 0.5) is 15.9 Å². The molecule has 4 aromatic rings. The molecule has 0 fully saturated rings. The normalized spacial score (nSPS) is 11.8. The van der Waals surface area contributed by atoms with Gasteiger partial charge in [-0.05, 0) is 47.9 Å². The van der Waals surface area contributed by atoms with Crippen LogP contribution in [0.15, 0.2) is 66.7 Å². The third-order valence-corrected chi connectivity index (χ3v) is 7.04. The molecule has 0 radical (unpaired) electrons. The second-order valence-corrected chi connectivity index (χ2v) is 9.82. The fraction of sp³-hybridized carbons (Fsp3) is 0.125. The summed E-state index contributed by atoms with van der Waals surface area (Å²) in [5, 5.41) is 3.30. The lowest BCUT2D eigenvalue weighted by atomic mass is 10.1.